The Kier molecular flexibility index (Phi) is 2.67. The van der Waals surface area contributed by atoms with Crippen LogP contribution in [0.15, 0.2) is 41.3 Å². The molecule has 2 rings (SSSR count). The number of aromatic nitrogens is 1. The summed E-state index contributed by atoms with van der Waals surface area (Å²) < 4.78 is 1.44. The zero-order valence-corrected chi connectivity index (χ0v) is 9.21. The molecule has 0 unspecified atom stereocenters. The molecule has 0 amide bonds. The van der Waals surface area contributed by atoms with Crippen LogP contribution in [0.2, 0.25) is 0 Å². The monoisotopic (exact) mass is 226 g/mol. The van der Waals surface area contributed by atoms with Crippen molar-refractivity contribution in [3.8, 4) is 22.9 Å². The minimum atomic E-state index is -0.163. The maximum absolute atomic E-state index is 11.5. The fraction of sp³-hybridized carbons (Fsp3) is 0.0769. The summed E-state index contributed by atoms with van der Waals surface area (Å²) >= 11 is 0. The number of benzene rings is 1. The minimum absolute atomic E-state index is 0.0530. The summed E-state index contributed by atoms with van der Waals surface area (Å²) in [4.78, 5) is 11.5. The van der Waals surface area contributed by atoms with E-state index in [1.807, 2.05) is 6.07 Å². The van der Waals surface area contributed by atoms with E-state index < -0.39 is 0 Å². The second-order valence-electron chi connectivity index (χ2n) is 3.71. The van der Waals surface area contributed by atoms with E-state index in [-0.39, 0.29) is 11.3 Å². The Bertz CT molecular complexity index is 666. The predicted octanol–water partition coefficient (Wildman–Crippen LogP) is 1.63. The third-order valence-electron chi connectivity index (χ3n) is 2.54. The van der Waals surface area contributed by atoms with E-state index in [1.54, 1.807) is 25.4 Å². The van der Waals surface area contributed by atoms with Crippen LogP contribution in [0.4, 0.5) is 0 Å². The molecule has 0 fully saturated rings. The summed E-state index contributed by atoms with van der Waals surface area (Å²) in [6.07, 6.45) is 1.62. The third-order valence-corrected chi connectivity index (χ3v) is 2.54. The van der Waals surface area contributed by atoms with Gasteiger partial charge in [-0.15, -0.1) is 0 Å². The average molecular weight is 226 g/mol. The first-order valence-electron chi connectivity index (χ1n) is 5.02. The van der Waals surface area contributed by atoms with Gasteiger partial charge in [0.25, 0.3) is 5.56 Å². The lowest BCUT2D eigenvalue weighted by atomic mass is 10.0. The van der Waals surface area contributed by atoms with Gasteiger partial charge in [-0.05, 0) is 29.8 Å². The Morgan fingerprint density at radius 3 is 2.71 bits per heavy atom. The molecule has 4 heteroatoms. The molecule has 0 saturated carbocycles. The fourth-order valence-electron chi connectivity index (χ4n) is 1.55. The number of aromatic hydroxyl groups is 1. The molecular weight excluding hydrogens is 216 g/mol. The lowest BCUT2D eigenvalue weighted by molar-refractivity contribution is 0.477. The van der Waals surface area contributed by atoms with Crippen LogP contribution in [0.5, 0.6) is 5.75 Å². The molecule has 0 aliphatic carbocycles. The van der Waals surface area contributed by atoms with Crippen molar-refractivity contribution in [1.29, 1.82) is 5.26 Å². The quantitative estimate of drug-likeness (QED) is 0.803. The maximum atomic E-state index is 11.5. The second-order valence-corrected chi connectivity index (χ2v) is 3.71. The topological polar surface area (TPSA) is 66.0 Å². The number of phenolic OH excluding ortho intramolecular Hbond substituents is 1. The number of phenols is 1. The number of aryl methyl sites for hydroxylation is 1. The molecule has 0 aliphatic heterocycles. The highest BCUT2D eigenvalue weighted by Crippen LogP contribution is 2.28. The molecule has 1 aromatic heterocycles. The van der Waals surface area contributed by atoms with Crippen LogP contribution < -0.4 is 5.56 Å². The molecule has 0 saturated heterocycles. The van der Waals surface area contributed by atoms with E-state index in [2.05, 4.69) is 0 Å². The molecule has 1 aromatic carbocycles. The highest BCUT2D eigenvalue weighted by molar-refractivity contribution is 5.71. The lowest BCUT2D eigenvalue weighted by Gasteiger charge is -2.05. The van der Waals surface area contributed by atoms with Crippen molar-refractivity contribution >= 4 is 0 Å². The highest BCUT2D eigenvalue weighted by Gasteiger charge is 2.06. The first kappa shape index (κ1) is 11.0. The van der Waals surface area contributed by atoms with Gasteiger partial charge in [-0.2, -0.15) is 5.26 Å². The molecule has 0 bridgehead atoms. The van der Waals surface area contributed by atoms with Gasteiger partial charge in [-0.3, -0.25) is 4.79 Å². The highest BCUT2D eigenvalue weighted by atomic mass is 16.3. The van der Waals surface area contributed by atoms with Crippen LogP contribution in [0.25, 0.3) is 11.1 Å². The fourth-order valence-corrected chi connectivity index (χ4v) is 1.55. The molecule has 1 heterocycles. The van der Waals surface area contributed by atoms with Gasteiger partial charge in [-0.25, -0.2) is 0 Å². The second kappa shape index (κ2) is 4.14. The van der Waals surface area contributed by atoms with Gasteiger partial charge in [0.15, 0.2) is 0 Å². The van der Waals surface area contributed by atoms with Crippen molar-refractivity contribution < 1.29 is 5.11 Å². The molecule has 0 spiro atoms. The molecule has 17 heavy (non-hydrogen) atoms. The standard InChI is InChI=1S/C13H10N2O2/c1-15-5-4-10(7-13(15)17)11-6-9(8-14)2-3-12(11)16/h2-7,16H,1H3. The van der Waals surface area contributed by atoms with E-state index in [0.29, 0.717) is 16.7 Å². The summed E-state index contributed by atoms with van der Waals surface area (Å²) in [5, 5.41) is 18.5. The Morgan fingerprint density at radius 1 is 1.29 bits per heavy atom. The van der Waals surface area contributed by atoms with Gasteiger partial charge >= 0.3 is 0 Å². The molecule has 0 atom stereocenters. The maximum Gasteiger partial charge on any atom is 0.250 e. The Balaban J connectivity index is 2.64. The number of pyridine rings is 1. The van der Waals surface area contributed by atoms with Crippen LogP contribution >= 0.6 is 0 Å². The van der Waals surface area contributed by atoms with E-state index in [1.165, 1.54) is 22.8 Å². The van der Waals surface area contributed by atoms with Crippen LogP contribution in [-0.4, -0.2) is 9.67 Å². The smallest absolute Gasteiger partial charge is 0.250 e. The third kappa shape index (κ3) is 2.04. The normalized spacial score (nSPS) is 9.88. The van der Waals surface area contributed by atoms with E-state index in [0.717, 1.165) is 0 Å². The summed E-state index contributed by atoms with van der Waals surface area (Å²) in [6.45, 7) is 0. The largest absolute Gasteiger partial charge is 0.507 e. The predicted molar refractivity (Wildman–Crippen MR) is 63.5 cm³/mol. The van der Waals surface area contributed by atoms with Crippen molar-refractivity contribution in [3.63, 3.8) is 0 Å². The van der Waals surface area contributed by atoms with E-state index in [4.69, 9.17) is 5.26 Å². The summed E-state index contributed by atoms with van der Waals surface area (Å²) in [7, 11) is 1.65. The van der Waals surface area contributed by atoms with Crippen molar-refractivity contribution in [2.24, 2.45) is 7.05 Å². The zero-order chi connectivity index (χ0) is 12.4. The van der Waals surface area contributed by atoms with E-state index >= 15 is 0 Å². The number of nitrogens with zero attached hydrogens (tertiary/aromatic N) is 2. The van der Waals surface area contributed by atoms with Gasteiger partial charge in [0.2, 0.25) is 0 Å². The zero-order valence-electron chi connectivity index (χ0n) is 9.21. The summed E-state index contributed by atoms with van der Waals surface area (Å²) in [6, 6.07) is 9.68. The Morgan fingerprint density at radius 2 is 2.06 bits per heavy atom. The molecule has 4 nitrogen and oxygen atoms in total. The Labute approximate surface area is 98.0 Å². The van der Waals surface area contributed by atoms with Crippen LogP contribution in [0.3, 0.4) is 0 Å². The molecule has 0 aliphatic rings. The van der Waals surface area contributed by atoms with Gasteiger partial charge in [0, 0.05) is 24.9 Å². The van der Waals surface area contributed by atoms with Gasteiger partial charge in [0.1, 0.15) is 5.75 Å². The van der Waals surface area contributed by atoms with Crippen LogP contribution in [0.1, 0.15) is 5.56 Å². The number of hydrogen-bond donors (Lipinski definition) is 1. The Hall–Kier alpha value is -2.54. The summed E-state index contributed by atoms with van der Waals surface area (Å²) in [5.41, 5.74) is 1.37. The number of nitriles is 1. The molecule has 2 aromatic rings. The van der Waals surface area contributed by atoms with Crippen LogP contribution in [-0.2, 0) is 7.05 Å². The van der Waals surface area contributed by atoms with Crippen molar-refractivity contribution in [2.45, 2.75) is 0 Å². The number of hydrogen-bond acceptors (Lipinski definition) is 3. The SMILES string of the molecule is Cn1ccc(-c2cc(C#N)ccc2O)cc1=O. The van der Waals surface area contributed by atoms with Gasteiger partial charge in [-0.1, -0.05) is 0 Å². The van der Waals surface area contributed by atoms with Crippen molar-refractivity contribution in [3.05, 3.63) is 52.4 Å². The van der Waals surface area contributed by atoms with Gasteiger partial charge < -0.3 is 9.67 Å². The lowest BCUT2D eigenvalue weighted by Crippen LogP contribution is -2.14. The van der Waals surface area contributed by atoms with Gasteiger partial charge in [0.05, 0.1) is 11.6 Å². The minimum Gasteiger partial charge on any atom is -0.507 e. The van der Waals surface area contributed by atoms with E-state index in [9.17, 15) is 9.90 Å². The molecule has 0 radical (unpaired) electrons. The first-order chi connectivity index (χ1) is 8.11. The summed E-state index contributed by atoms with van der Waals surface area (Å²) in [5.74, 6) is 0.0530. The van der Waals surface area contributed by atoms with Crippen molar-refractivity contribution in [1.82, 2.24) is 4.57 Å². The number of rotatable bonds is 1. The molecule has 1 N–H and O–H groups in total. The molecule has 84 valence electrons. The van der Waals surface area contributed by atoms with Crippen molar-refractivity contribution in [2.75, 3.05) is 0 Å². The molecular formula is C13H10N2O2. The average Bonchev–Trinajstić information content (AvgIpc) is 2.33. The first-order valence-corrected chi connectivity index (χ1v) is 5.02. The van der Waals surface area contributed by atoms with Crippen LogP contribution in [0, 0.1) is 11.3 Å².